The van der Waals surface area contributed by atoms with Gasteiger partial charge in [0.25, 0.3) is 0 Å². The summed E-state index contributed by atoms with van der Waals surface area (Å²) in [6.45, 7) is 34.8. The fraction of sp³-hybridized carbons (Fsp3) is 0.472. The number of esters is 8. The molecule has 18 nitrogen and oxygen atoms in total. The molecule has 0 saturated carbocycles. The highest BCUT2D eigenvalue weighted by Crippen LogP contribution is 2.46. The summed E-state index contributed by atoms with van der Waals surface area (Å²) >= 11 is 0. The number of benzene rings is 8. The molecule has 0 aliphatic rings. The molecule has 0 aliphatic heterocycles. The third-order valence-corrected chi connectivity index (χ3v) is 22.9. The van der Waals surface area contributed by atoms with E-state index in [0.29, 0.717) is 57.3 Å². The zero-order chi connectivity index (χ0) is 91.5. The van der Waals surface area contributed by atoms with Crippen LogP contribution in [0.3, 0.4) is 0 Å². The Morgan fingerprint density at radius 1 is 0.315 bits per heavy atom. The molecule has 9 atom stereocenters. The lowest BCUT2D eigenvalue weighted by atomic mass is 9.69. The number of ether oxygens (including phenoxy) is 8. The maximum Gasteiger partial charge on any atom is 0.338 e. The van der Waals surface area contributed by atoms with Crippen LogP contribution in [0.15, 0.2) is 243 Å². The van der Waals surface area contributed by atoms with Gasteiger partial charge in [0, 0.05) is 36.2 Å². The molecular weight excluding hydrogens is 1560 g/mol. The molecule has 124 heavy (non-hydrogen) atoms. The van der Waals surface area contributed by atoms with Crippen molar-refractivity contribution < 1.29 is 86.5 Å². The Hall–Kier alpha value is -10.6. The van der Waals surface area contributed by atoms with Crippen LogP contribution in [0.25, 0.3) is 0 Å². The Morgan fingerprint density at radius 3 is 0.887 bits per heavy atom. The minimum atomic E-state index is -1.04. The third-order valence-electron chi connectivity index (χ3n) is 22.9. The number of unbranched alkanes of at least 4 members (excludes halogenated alkanes) is 1. The molecule has 8 aromatic rings. The van der Waals surface area contributed by atoms with Crippen LogP contribution < -0.4 is 0 Å². The number of hydrogen-bond acceptors (Lipinski definition) is 18. The van der Waals surface area contributed by atoms with Gasteiger partial charge in [-0.1, -0.05) is 281 Å². The molecule has 8 aromatic carbocycles. The van der Waals surface area contributed by atoms with Crippen LogP contribution in [0, 0.1) is 35.5 Å². The number of aliphatic hydroxyl groups excluding tert-OH is 2. The molecule has 0 fully saturated rings. The summed E-state index contributed by atoms with van der Waals surface area (Å²) in [6.07, 6.45) is 13.4. The van der Waals surface area contributed by atoms with Crippen LogP contribution in [0.1, 0.15) is 310 Å². The van der Waals surface area contributed by atoms with Gasteiger partial charge in [-0.25, -0.2) is 38.4 Å². The number of carbonyl (C=O) groups is 8. The minimum absolute atomic E-state index is 0.0183. The van der Waals surface area contributed by atoms with Crippen molar-refractivity contribution in [3.63, 3.8) is 0 Å². The standard InChI is InChI=1S/C26H34O4.C25H32O4.C23H28O4.C22H26O4.C10H22O2/c1-7-18-26(20(4)19(2)3,30-24(28)22-16-12-9-13-17-22)25(5,6)29-23(27)21-14-10-8-11-15-21;1-6-21(7-2)25(8-3,29-23(27)20-17-13-10-14-18-20)24(4,5)28-22(26)19-15-11-9-12-16-19;1-3-11-20(17-26-22(24)18-13-7-5-8-14-18)21(12-4-2)27-23(25)19-15-9-6-10-16-19;1-3-11-20(26-22(24)19-14-9-6-10-15-19)17(4-2)16-25-21(23)18-12-7-5-8-13-18;1-3-5-7-9(8-11)10(12)6-4-2/h8-17,19-20H,7,18H2,1-6H3;9-18,21H,6-8H2,1-5H3;5-10,13-16,20-21H,3-4,11-12,17H2,1-2H3;5-10,12-15,17,20H,3-4,11,16H2,1-2H3;9-12H,3-8H2,1-2H3. The molecular formula is C106H142O18. The van der Waals surface area contributed by atoms with Crippen LogP contribution in [0.4, 0.5) is 0 Å². The average Bonchev–Trinajstić information content (AvgIpc) is 0.759. The van der Waals surface area contributed by atoms with E-state index in [1.807, 2.05) is 165 Å². The maximum absolute atomic E-state index is 13.1. The number of aliphatic hydroxyl groups is 2. The smallest absolute Gasteiger partial charge is 0.338 e. The predicted molar refractivity (Wildman–Crippen MR) is 492 cm³/mol. The fourth-order valence-electron chi connectivity index (χ4n) is 15.4. The van der Waals surface area contributed by atoms with Crippen LogP contribution in [0.5, 0.6) is 0 Å². The van der Waals surface area contributed by atoms with Crippen LogP contribution in [-0.4, -0.2) is 119 Å². The van der Waals surface area contributed by atoms with Gasteiger partial charge in [0.05, 0.1) is 63.8 Å². The predicted octanol–water partition coefficient (Wildman–Crippen LogP) is 24.5. The van der Waals surface area contributed by atoms with Gasteiger partial charge < -0.3 is 48.1 Å². The van der Waals surface area contributed by atoms with Gasteiger partial charge in [0.1, 0.15) is 23.4 Å². The molecule has 0 radical (unpaired) electrons. The van der Waals surface area contributed by atoms with E-state index in [1.165, 1.54) is 0 Å². The van der Waals surface area contributed by atoms with E-state index >= 15 is 0 Å². The first-order valence-electron chi connectivity index (χ1n) is 44.9. The minimum Gasteiger partial charge on any atom is -0.462 e. The second-order valence-electron chi connectivity index (χ2n) is 32.8. The average molecular weight is 1700 g/mol. The Bertz CT molecular complexity index is 4290. The Labute approximate surface area is 740 Å². The normalized spacial score (nSPS) is 13.8. The van der Waals surface area contributed by atoms with E-state index in [-0.39, 0.29) is 97.5 Å². The molecule has 0 aliphatic carbocycles. The summed E-state index contributed by atoms with van der Waals surface area (Å²) in [6, 6.07) is 71.5. The van der Waals surface area contributed by atoms with Gasteiger partial charge in [-0.2, -0.15) is 0 Å². The molecule has 0 saturated heterocycles. The summed E-state index contributed by atoms with van der Waals surface area (Å²) in [5.41, 5.74) is 0.0605. The number of carbonyl (C=O) groups excluding carboxylic acids is 8. The highest BCUT2D eigenvalue weighted by atomic mass is 16.6. The van der Waals surface area contributed by atoms with E-state index in [9.17, 15) is 43.5 Å². The summed E-state index contributed by atoms with van der Waals surface area (Å²) in [4.78, 5) is 101. The molecule has 0 heterocycles. The highest BCUT2D eigenvalue weighted by molar-refractivity contribution is 5.93. The van der Waals surface area contributed by atoms with Gasteiger partial charge >= 0.3 is 47.8 Å². The number of rotatable bonds is 44. The molecule has 18 heteroatoms. The van der Waals surface area contributed by atoms with Crippen LogP contribution in [-0.2, 0) is 37.9 Å². The van der Waals surface area contributed by atoms with Crippen molar-refractivity contribution in [1.29, 1.82) is 0 Å². The largest absolute Gasteiger partial charge is 0.462 e. The van der Waals surface area contributed by atoms with Gasteiger partial charge in [-0.05, 0) is 195 Å². The Kier molecular flexibility index (Phi) is 48.7. The van der Waals surface area contributed by atoms with Crippen molar-refractivity contribution >= 4 is 47.8 Å². The zero-order valence-electron chi connectivity index (χ0n) is 76.9. The third kappa shape index (κ3) is 33.8. The summed E-state index contributed by atoms with van der Waals surface area (Å²) in [5.74, 6) is -2.74. The van der Waals surface area contributed by atoms with E-state index in [2.05, 4.69) is 62.3 Å². The van der Waals surface area contributed by atoms with Crippen molar-refractivity contribution in [2.75, 3.05) is 19.8 Å². The molecule has 0 aromatic heterocycles. The highest BCUT2D eigenvalue weighted by Gasteiger charge is 2.56. The monoisotopic (exact) mass is 1700 g/mol. The molecule has 9 unspecified atom stereocenters. The zero-order valence-corrected chi connectivity index (χ0v) is 76.9. The number of hydrogen-bond donors (Lipinski definition) is 2. The second kappa shape index (κ2) is 57.1. The van der Waals surface area contributed by atoms with Crippen molar-refractivity contribution in [1.82, 2.24) is 0 Å². The molecule has 8 rings (SSSR count). The van der Waals surface area contributed by atoms with E-state index in [0.717, 1.165) is 96.3 Å². The topological polar surface area (TPSA) is 251 Å². The summed E-state index contributed by atoms with van der Waals surface area (Å²) in [7, 11) is 0. The lowest BCUT2D eigenvalue weighted by molar-refractivity contribution is -0.178. The van der Waals surface area contributed by atoms with Crippen molar-refractivity contribution in [2.24, 2.45) is 35.5 Å². The lowest BCUT2D eigenvalue weighted by Gasteiger charge is -2.50. The van der Waals surface area contributed by atoms with E-state index in [4.69, 9.17) is 43.0 Å². The van der Waals surface area contributed by atoms with Gasteiger partial charge in [-0.3, -0.25) is 0 Å². The quantitative estimate of drug-likeness (QED) is 0.0266. The molecule has 674 valence electrons. The summed E-state index contributed by atoms with van der Waals surface area (Å²) in [5, 5.41) is 18.6. The maximum atomic E-state index is 13.1. The van der Waals surface area contributed by atoms with Crippen molar-refractivity contribution in [3.8, 4) is 0 Å². The van der Waals surface area contributed by atoms with Gasteiger partial charge in [-0.15, -0.1) is 0 Å². The second-order valence-corrected chi connectivity index (χ2v) is 32.8. The first kappa shape index (κ1) is 106. The van der Waals surface area contributed by atoms with Gasteiger partial charge in [0.2, 0.25) is 0 Å². The van der Waals surface area contributed by atoms with Crippen molar-refractivity contribution in [2.45, 2.75) is 268 Å². The van der Waals surface area contributed by atoms with E-state index in [1.54, 1.807) is 133 Å². The van der Waals surface area contributed by atoms with Crippen molar-refractivity contribution in [3.05, 3.63) is 287 Å². The first-order chi connectivity index (χ1) is 59.5. The molecule has 0 amide bonds. The fourth-order valence-corrected chi connectivity index (χ4v) is 15.4. The van der Waals surface area contributed by atoms with Crippen LogP contribution in [0.2, 0.25) is 0 Å². The van der Waals surface area contributed by atoms with Gasteiger partial charge in [0.15, 0.2) is 11.2 Å². The summed E-state index contributed by atoms with van der Waals surface area (Å²) < 4.78 is 47.0. The van der Waals surface area contributed by atoms with E-state index < -0.39 is 46.3 Å². The first-order valence-corrected chi connectivity index (χ1v) is 44.9. The Balaban J connectivity index is 0.000000332. The SMILES string of the molecule is CCC(CC)C(CC)(OC(=O)c1ccccc1)C(C)(C)OC(=O)c1ccccc1.CCCC(COC(=O)c1ccccc1)C(CCC)OC(=O)c1ccccc1.CCCC(OC(=O)c1ccccc1)(C(C)C(C)C)C(C)(C)OC(=O)c1ccccc1.CCCC(OC(=O)c1ccccc1)C(CC)COC(=O)c1ccccc1.CCCCC(CO)C(O)CCC. The molecule has 0 spiro atoms. The Morgan fingerprint density at radius 2 is 0.605 bits per heavy atom. The molecule has 2 N–H and O–H groups in total. The molecule has 0 bridgehead atoms. The lowest BCUT2D eigenvalue weighted by Crippen LogP contribution is -2.60. The van der Waals surface area contributed by atoms with Crippen LogP contribution >= 0.6 is 0 Å².